The van der Waals surface area contributed by atoms with Crippen LogP contribution in [0, 0.1) is 0 Å². The van der Waals surface area contributed by atoms with E-state index in [1.165, 1.54) is 31.4 Å². The molecular weight excluding hydrogens is 286 g/mol. The highest BCUT2D eigenvalue weighted by molar-refractivity contribution is 7.98. The van der Waals surface area contributed by atoms with Gasteiger partial charge in [-0.3, -0.25) is 0 Å². The summed E-state index contributed by atoms with van der Waals surface area (Å²) in [6.45, 7) is 2.34. The third-order valence-electron chi connectivity index (χ3n) is 3.08. The first-order valence-corrected chi connectivity index (χ1v) is 8.79. The normalized spacial score (nSPS) is 10.5. The van der Waals surface area contributed by atoms with Gasteiger partial charge in [0.15, 0.2) is 0 Å². The number of rotatable bonds is 12. The molecule has 1 aromatic rings. The number of aromatic carboxylic acids is 1. The van der Waals surface area contributed by atoms with E-state index in [0.29, 0.717) is 12.4 Å². The molecule has 4 nitrogen and oxygen atoms in total. The van der Waals surface area contributed by atoms with E-state index in [1.54, 1.807) is 24.3 Å². The second kappa shape index (κ2) is 11.5. The summed E-state index contributed by atoms with van der Waals surface area (Å²) in [7, 11) is 0. The zero-order valence-corrected chi connectivity index (χ0v) is 13.5. The van der Waals surface area contributed by atoms with E-state index >= 15 is 0 Å². The van der Waals surface area contributed by atoms with Crippen molar-refractivity contribution in [2.24, 2.45) is 0 Å². The maximum absolute atomic E-state index is 10.8. The van der Waals surface area contributed by atoms with Crippen LogP contribution in [0.25, 0.3) is 0 Å². The highest BCUT2D eigenvalue weighted by Crippen LogP contribution is 2.12. The Labute approximate surface area is 131 Å². The molecule has 1 aromatic carbocycles. The molecule has 0 unspecified atom stereocenters. The molecule has 118 valence electrons. The molecule has 0 heterocycles. The summed E-state index contributed by atoms with van der Waals surface area (Å²) in [5.74, 6) is 0.935. The Hall–Kier alpha value is -1.20. The molecule has 1 rings (SSSR count). The molecule has 0 aliphatic heterocycles. The molecule has 21 heavy (non-hydrogen) atoms. The van der Waals surface area contributed by atoms with Gasteiger partial charge >= 0.3 is 5.97 Å². The second-order valence-corrected chi connectivity index (χ2v) is 5.82. The topological polar surface area (TPSA) is 58.6 Å². The van der Waals surface area contributed by atoms with Crippen LogP contribution < -0.4 is 10.1 Å². The maximum atomic E-state index is 10.8. The highest BCUT2D eigenvalue weighted by Gasteiger charge is 2.03. The van der Waals surface area contributed by atoms with Gasteiger partial charge in [-0.25, -0.2) is 4.79 Å². The fourth-order valence-electron chi connectivity index (χ4n) is 1.93. The lowest BCUT2D eigenvalue weighted by molar-refractivity contribution is 0.0696. The van der Waals surface area contributed by atoms with Crippen molar-refractivity contribution in [3.63, 3.8) is 0 Å². The minimum absolute atomic E-state index is 0.255. The number of ether oxygens (including phenoxy) is 1. The summed E-state index contributed by atoms with van der Waals surface area (Å²) in [4.78, 5) is 10.8. The number of carboxylic acid groups (broad SMARTS) is 1. The Morgan fingerprint density at radius 2 is 2.05 bits per heavy atom. The van der Waals surface area contributed by atoms with E-state index in [1.807, 2.05) is 11.8 Å². The van der Waals surface area contributed by atoms with Gasteiger partial charge in [-0.15, -0.1) is 0 Å². The number of thioether (sulfide) groups is 1. The van der Waals surface area contributed by atoms with Crippen LogP contribution in [0.1, 0.15) is 36.0 Å². The van der Waals surface area contributed by atoms with Crippen LogP contribution in [0.4, 0.5) is 0 Å². The van der Waals surface area contributed by atoms with Crippen LogP contribution in [-0.2, 0) is 0 Å². The monoisotopic (exact) mass is 311 g/mol. The first-order valence-electron chi connectivity index (χ1n) is 7.40. The van der Waals surface area contributed by atoms with Gasteiger partial charge in [0.1, 0.15) is 12.4 Å². The molecule has 0 aromatic heterocycles. The van der Waals surface area contributed by atoms with Gasteiger partial charge in [0.2, 0.25) is 0 Å². The van der Waals surface area contributed by atoms with Crippen molar-refractivity contribution < 1.29 is 14.6 Å². The lowest BCUT2D eigenvalue weighted by Gasteiger charge is -2.08. The van der Waals surface area contributed by atoms with Crippen LogP contribution >= 0.6 is 11.8 Å². The number of benzene rings is 1. The van der Waals surface area contributed by atoms with Crippen LogP contribution in [0.5, 0.6) is 5.75 Å². The van der Waals surface area contributed by atoms with Crippen LogP contribution in [0.15, 0.2) is 24.3 Å². The number of carbonyl (C=O) groups is 1. The molecule has 0 saturated heterocycles. The molecule has 0 fully saturated rings. The van der Waals surface area contributed by atoms with E-state index in [0.717, 1.165) is 13.1 Å². The van der Waals surface area contributed by atoms with Gasteiger partial charge in [0.05, 0.1) is 5.56 Å². The van der Waals surface area contributed by atoms with Crippen LogP contribution in [-0.4, -0.2) is 42.8 Å². The Balaban J connectivity index is 2.01. The predicted molar refractivity (Wildman–Crippen MR) is 88.6 cm³/mol. The van der Waals surface area contributed by atoms with Gasteiger partial charge in [-0.05, 0) is 49.6 Å². The fraction of sp³-hybridized carbons (Fsp3) is 0.562. The second-order valence-electron chi connectivity index (χ2n) is 4.84. The summed E-state index contributed by atoms with van der Waals surface area (Å²) >= 11 is 1.91. The Morgan fingerprint density at radius 3 is 2.81 bits per heavy atom. The van der Waals surface area contributed by atoms with Crippen molar-refractivity contribution in [2.45, 2.75) is 25.7 Å². The van der Waals surface area contributed by atoms with Gasteiger partial charge in [-0.2, -0.15) is 11.8 Å². The molecule has 0 aliphatic carbocycles. The van der Waals surface area contributed by atoms with Crippen LogP contribution in [0.3, 0.4) is 0 Å². The van der Waals surface area contributed by atoms with E-state index < -0.39 is 5.97 Å². The first-order chi connectivity index (χ1) is 10.2. The van der Waals surface area contributed by atoms with Gasteiger partial charge in [0.25, 0.3) is 0 Å². The van der Waals surface area contributed by atoms with Gasteiger partial charge < -0.3 is 15.2 Å². The third-order valence-corrected chi connectivity index (χ3v) is 3.78. The van der Waals surface area contributed by atoms with E-state index in [4.69, 9.17) is 9.84 Å². The van der Waals surface area contributed by atoms with Gasteiger partial charge in [0, 0.05) is 6.54 Å². The van der Waals surface area contributed by atoms with Crippen molar-refractivity contribution in [1.29, 1.82) is 0 Å². The SMILES string of the molecule is CSCCCCCCNCCOc1cccc(C(=O)O)c1. The van der Waals surface area contributed by atoms with Crippen molar-refractivity contribution in [3.8, 4) is 5.75 Å². The van der Waals surface area contributed by atoms with Crippen molar-refractivity contribution in [3.05, 3.63) is 29.8 Å². The number of unbranched alkanes of at least 4 members (excludes halogenated alkanes) is 3. The van der Waals surface area contributed by atoms with Crippen molar-refractivity contribution in [2.75, 3.05) is 31.7 Å². The molecule has 0 radical (unpaired) electrons. The lowest BCUT2D eigenvalue weighted by Crippen LogP contribution is -2.22. The number of nitrogens with one attached hydrogen (secondary N) is 1. The van der Waals surface area contributed by atoms with Gasteiger partial charge in [-0.1, -0.05) is 18.9 Å². The quantitative estimate of drug-likeness (QED) is 0.580. The fourth-order valence-corrected chi connectivity index (χ4v) is 2.43. The summed E-state index contributed by atoms with van der Waals surface area (Å²) in [6.07, 6.45) is 7.23. The highest BCUT2D eigenvalue weighted by atomic mass is 32.2. The van der Waals surface area contributed by atoms with Crippen molar-refractivity contribution >= 4 is 17.7 Å². The maximum Gasteiger partial charge on any atom is 0.335 e. The van der Waals surface area contributed by atoms with E-state index in [9.17, 15) is 4.79 Å². The predicted octanol–water partition coefficient (Wildman–Crippen LogP) is 3.28. The minimum atomic E-state index is -0.931. The molecule has 0 saturated carbocycles. The van der Waals surface area contributed by atoms with Crippen LogP contribution in [0.2, 0.25) is 0 Å². The lowest BCUT2D eigenvalue weighted by atomic mass is 10.2. The van der Waals surface area contributed by atoms with E-state index in [-0.39, 0.29) is 5.56 Å². The number of hydrogen-bond acceptors (Lipinski definition) is 4. The average molecular weight is 311 g/mol. The molecule has 2 N–H and O–H groups in total. The smallest absolute Gasteiger partial charge is 0.335 e. The average Bonchev–Trinajstić information content (AvgIpc) is 2.49. The summed E-state index contributed by atoms with van der Waals surface area (Å²) in [5.41, 5.74) is 0.255. The summed E-state index contributed by atoms with van der Waals surface area (Å²) < 4.78 is 5.53. The summed E-state index contributed by atoms with van der Waals surface area (Å²) in [5, 5.41) is 12.2. The Kier molecular flexibility index (Phi) is 9.74. The first kappa shape index (κ1) is 17.9. The largest absolute Gasteiger partial charge is 0.492 e. The van der Waals surface area contributed by atoms with Crippen molar-refractivity contribution in [1.82, 2.24) is 5.32 Å². The number of hydrogen-bond donors (Lipinski definition) is 2. The third kappa shape index (κ3) is 8.63. The molecule has 0 atom stereocenters. The molecule has 0 amide bonds. The molecule has 0 bridgehead atoms. The standard InChI is InChI=1S/C16H25NO3S/c1-21-12-5-3-2-4-9-17-10-11-20-15-8-6-7-14(13-15)16(18)19/h6-8,13,17H,2-5,9-12H2,1H3,(H,18,19). The Morgan fingerprint density at radius 1 is 1.24 bits per heavy atom. The Bertz CT molecular complexity index is 412. The minimum Gasteiger partial charge on any atom is -0.492 e. The molecular formula is C16H25NO3S. The molecule has 5 heteroatoms. The zero-order chi connectivity index (χ0) is 15.3. The number of carboxylic acids is 1. The van der Waals surface area contributed by atoms with E-state index in [2.05, 4.69) is 11.6 Å². The molecule has 0 aliphatic rings. The molecule has 0 spiro atoms. The summed E-state index contributed by atoms with van der Waals surface area (Å²) in [6, 6.07) is 6.58. The zero-order valence-electron chi connectivity index (χ0n) is 12.6.